The molecule has 0 saturated carbocycles. The van der Waals surface area contributed by atoms with Crippen LogP contribution in [0.15, 0.2) is 18.2 Å². The van der Waals surface area contributed by atoms with Gasteiger partial charge in [0.05, 0.1) is 4.92 Å². The number of halogens is 1. The van der Waals surface area contributed by atoms with Gasteiger partial charge < -0.3 is 4.90 Å². The number of hydrogen-bond acceptors (Lipinski definition) is 5. The minimum absolute atomic E-state index is 0.0723. The maximum Gasteiger partial charge on any atom is 0.287 e. The average molecular weight is 298 g/mol. The third-order valence-corrected chi connectivity index (χ3v) is 2.93. The van der Waals surface area contributed by atoms with Crippen molar-refractivity contribution in [3.63, 3.8) is 0 Å². The fourth-order valence-electron chi connectivity index (χ4n) is 1.75. The molecule has 1 aromatic rings. The molecule has 1 aliphatic heterocycles. The van der Waals surface area contributed by atoms with Crippen molar-refractivity contribution in [2.75, 3.05) is 13.1 Å². The van der Waals surface area contributed by atoms with Crippen LogP contribution in [0, 0.1) is 10.1 Å². The van der Waals surface area contributed by atoms with Gasteiger partial charge in [0.1, 0.15) is 18.1 Å². The number of amides is 3. The van der Waals surface area contributed by atoms with Crippen molar-refractivity contribution in [1.29, 1.82) is 0 Å². The maximum atomic E-state index is 12.1. The SMILES string of the molecule is O=C1CN(C(=O)c2ccc([N+](=O)[O-])c(Cl)c2)CC(=O)N1. The lowest BCUT2D eigenvalue weighted by molar-refractivity contribution is -0.384. The average Bonchev–Trinajstić information content (AvgIpc) is 2.36. The van der Waals surface area contributed by atoms with Crippen LogP contribution in [0.5, 0.6) is 0 Å². The van der Waals surface area contributed by atoms with Gasteiger partial charge in [0.2, 0.25) is 11.8 Å². The molecule has 0 radical (unpaired) electrons. The molecule has 0 unspecified atom stereocenters. The Balaban J connectivity index is 2.25. The molecule has 104 valence electrons. The Morgan fingerprint density at radius 1 is 1.30 bits per heavy atom. The summed E-state index contributed by atoms with van der Waals surface area (Å²) in [5, 5.41) is 12.5. The molecule has 0 spiro atoms. The quantitative estimate of drug-likeness (QED) is 0.481. The van der Waals surface area contributed by atoms with Crippen molar-refractivity contribution in [2.24, 2.45) is 0 Å². The zero-order valence-corrected chi connectivity index (χ0v) is 10.7. The van der Waals surface area contributed by atoms with Crippen molar-refractivity contribution in [1.82, 2.24) is 10.2 Å². The number of benzene rings is 1. The highest BCUT2D eigenvalue weighted by Gasteiger charge is 2.27. The maximum absolute atomic E-state index is 12.1. The van der Waals surface area contributed by atoms with Crippen LogP contribution in [0.2, 0.25) is 5.02 Å². The molecule has 1 aliphatic rings. The number of nitrogens with one attached hydrogen (secondary N) is 1. The molecular weight excluding hydrogens is 290 g/mol. The Labute approximate surface area is 117 Å². The van der Waals surface area contributed by atoms with Crippen molar-refractivity contribution in [3.8, 4) is 0 Å². The third-order valence-electron chi connectivity index (χ3n) is 2.63. The number of imide groups is 1. The molecule has 0 bridgehead atoms. The Morgan fingerprint density at radius 2 is 1.90 bits per heavy atom. The first kappa shape index (κ1) is 13.9. The highest BCUT2D eigenvalue weighted by atomic mass is 35.5. The molecule has 1 aromatic carbocycles. The van der Waals surface area contributed by atoms with Crippen LogP contribution in [0.4, 0.5) is 5.69 Å². The summed E-state index contributed by atoms with van der Waals surface area (Å²) in [5.74, 6) is -1.75. The summed E-state index contributed by atoms with van der Waals surface area (Å²) in [6.45, 7) is -0.502. The number of carbonyl (C=O) groups excluding carboxylic acids is 3. The van der Waals surface area contributed by atoms with E-state index in [1.165, 1.54) is 6.07 Å². The summed E-state index contributed by atoms with van der Waals surface area (Å²) in [6.07, 6.45) is 0. The van der Waals surface area contributed by atoms with Gasteiger partial charge in [-0.1, -0.05) is 11.6 Å². The van der Waals surface area contributed by atoms with E-state index in [4.69, 9.17) is 11.6 Å². The lowest BCUT2D eigenvalue weighted by atomic mass is 10.1. The number of carbonyl (C=O) groups is 3. The Bertz CT molecular complexity index is 614. The Kier molecular flexibility index (Phi) is 3.66. The summed E-state index contributed by atoms with van der Waals surface area (Å²) >= 11 is 5.71. The van der Waals surface area contributed by atoms with Gasteiger partial charge in [-0.2, -0.15) is 0 Å². The van der Waals surface area contributed by atoms with Gasteiger partial charge in [0, 0.05) is 11.6 Å². The number of nitro benzene ring substituents is 1. The van der Waals surface area contributed by atoms with Crippen molar-refractivity contribution in [2.45, 2.75) is 0 Å². The monoisotopic (exact) mass is 297 g/mol. The van der Waals surface area contributed by atoms with Gasteiger partial charge in [-0.25, -0.2) is 0 Å². The molecule has 0 atom stereocenters. The molecule has 3 amide bonds. The molecular formula is C11H8ClN3O5. The summed E-state index contributed by atoms with van der Waals surface area (Å²) in [5.41, 5.74) is -0.251. The number of nitrogens with zero attached hydrogens (tertiary/aromatic N) is 2. The van der Waals surface area contributed by atoms with Gasteiger partial charge in [0.15, 0.2) is 0 Å². The van der Waals surface area contributed by atoms with E-state index in [9.17, 15) is 24.5 Å². The standard InChI is InChI=1S/C11H8ClN3O5/c12-7-3-6(1-2-8(7)15(19)20)11(18)14-4-9(16)13-10(17)5-14/h1-3H,4-5H2,(H,13,16,17). The number of piperazine rings is 1. The van der Waals surface area contributed by atoms with Crippen molar-refractivity contribution < 1.29 is 19.3 Å². The van der Waals surface area contributed by atoms with E-state index in [-0.39, 0.29) is 29.4 Å². The Hall–Kier alpha value is -2.48. The molecule has 20 heavy (non-hydrogen) atoms. The van der Waals surface area contributed by atoms with Crippen LogP contribution in [0.1, 0.15) is 10.4 Å². The highest BCUT2D eigenvalue weighted by molar-refractivity contribution is 6.33. The van der Waals surface area contributed by atoms with E-state index in [0.29, 0.717) is 0 Å². The molecule has 1 heterocycles. The van der Waals surface area contributed by atoms with Gasteiger partial charge in [-0.05, 0) is 12.1 Å². The fraction of sp³-hybridized carbons (Fsp3) is 0.182. The predicted molar refractivity (Wildman–Crippen MR) is 67.2 cm³/mol. The summed E-state index contributed by atoms with van der Waals surface area (Å²) in [6, 6.07) is 3.46. The molecule has 0 aromatic heterocycles. The van der Waals surface area contributed by atoms with Crippen LogP contribution < -0.4 is 5.32 Å². The number of nitro groups is 1. The highest BCUT2D eigenvalue weighted by Crippen LogP contribution is 2.25. The largest absolute Gasteiger partial charge is 0.320 e. The molecule has 2 rings (SSSR count). The van der Waals surface area contributed by atoms with E-state index in [0.717, 1.165) is 17.0 Å². The van der Waals surface area contributed by atoms with Crippen LogP contribution in [-0.2, 0) is 9.59 Å². The molecule has 1 fully saturated rings. The third kappa shape index (κ3) is 2.75. The first-order chi connectivity index (χ1) is 9.38. The molecule has 8 nitrogen and oxygen atoms in total. The fourth-order valence-corrected chi connectivity index (χ4v) is 2.00. The van der Waals surface area contributed by atoms with Crippen molar-refractivity contribution >= 4 is 35.0 Å². The summed E-state index contributed by atoms with van der Waals surface area (Å²) in [4.78, 5) is 45.5. The molecule has 1 N–H and O–H groups in total. The van der Waals surface area contributed by atoms with Gasteiger partial charge in [0.25, 0.3) is 11.6 Å². The van der Waals surface area contributed by atoms with Crippen LogP contribution >= 0.6 is 11.6 Å². The van der Waals surface area contributed by atoms with Crippen LogP contribution in [0.3, 0.4) is 0 Å². The number of rotatable bonds is 2. The molecule has 1 saturated heterocycles. The topological polar surface area (TPSA) is 110 Å². The first-order valence-corrected chi connectivity index (χ1v) is 5.82. The van der Waals surface area contributed by atoms with E-state index >= 15 is 0 Å². The normalized spacial score (nSPS) is 14.9. The van der Waals surface area contributed by atoms with Crippen molar-refractivity contribution in [3.05, 3.63) is 38.9 Å². The minimum atomic E-state index is -0.672. The first-order valence-electron chi connectivity index (χ1n) is 5.44. The zero-order valence-electron chi connectivity index (χ0n) is 9.96. The molecule has 9 heteroatoms. The van der Waals surface area contributed by atoms with E-state index in [1.807, 2.05) is 0 Å². The van der Waals surface area contributed by atoms with Crippen LogP contribution in [-0.4, -0.2) is 40.6 Å². The second-order valence-corrected chi connectivity index (χ2v) is 4.46. The van der Waals surface area contributed by atoms with Gasteiger partial charge in [-0.3, -0.25) is 29.8 Å². The van der Waals surface area contributed by atoms with E-state index in [2.05, 4.69) is 5.32 Å². The van der Waals surface area contributed by atoms with Crippen LogP contribution in [0.25, 0.3) is 0 Å². The van der Waals surface area contributed by atoms with E-state index < -0.39 is 22.6 Å². The predicted octanol–water partition coefficient (Wildman–Crippen LogP) is 0.347. The second-order valence-electron chi connectivity index (χ2n) is 4.06. The summed E-state index contributed by atoms with van der Waals surface area (Å²) in [7, 11) is 0. The zero-order chi connectivity index (χ0) is 14.9. The lowest BCUT2D eigenvalue weighted by Crippen LogP contribution is -2.53. The van der Waals surface area contributed by atoms with Gasteiger partial charge >= 0.3 is 0 Å². The molecule has 0 aliphatic carbocycles. The van der Waals surface area contributed by atoms with Gasteiger partial charge in [-0.15, -0.1) is 0 Å². The minimum Gasteiger partial charge on any atom is -0.320 e. The Morgan fingerprint density at radius 3 is 2.40 bits per heavy atom. The lowest BCUT2D eigenvalue weighted by Gasteiger charge is -2.25. The van der Waals surface area contributed by atoms with E-state index in [1.54, 1.807) is 0 Å². The smallest absolute Gasteiger partial charge is 0.287 e. The summed E-state index contributed by atoms with van der Waals surface area (Å²) < 4.78 is 0. The number of hydrogen-bond donors (Lipinski definition) is 1. The second kappa shape index (κ2) is 5.25.